The fourth-order valence-electron chi connectivity index (χ4n) is 2.62. The van der Waals surface area contributed by atoms with Crippen molar-refractivity contribution < 1.29 is 8.42 Å². The predicted octanol–water partition coefficient (Wildman–Crippen LogP) is 1.64. The van der Waals surface area contributed by atoms with Crippen LogP contribution in [0.1, 0.15) is 6.42 Å². The second kappa shape index (κ2) is 6.27. The lowest BCUT2D eigenvalue weighted by Crippen LogP contribution is -2.38. The molecule has 1 N–H and O–H groups in total. The number of hydrogen-bond donors (Lipinski definition) is 1. The Morgan fingerprint density at radius 1 is 1.33 bits per heavy atom. The Hall–Kier alpha value is -1.21. The summed E-state index contributed by atoms with van der Waals surface area (Å²) >= 11 is 0. The van der Waals surface area contributed by atoms with E-state index in [1.807, 2.05) is 6.07 Å². The molecule has 0 aliphatic carbocycles. The van der Waals surface area contributed by atoms with Gasteiger partial charge < -0.3 is 5.32 Å². The molecule has 1 aliphatic rings. The number of fused-ring (bicyclic) bond motifs is 1. The highest BCUT2D eigenvalue weighted by atomic mass is 35.5. The summed E-state index contributed by atoms with van der Waals surface area (Å²) in [5.74, 6) is 0. The third-order valence-corrected chi connectivity index (χ3v) is 5.81. The quantitative estimate of drug-likeness (QED) is 0.931. The van der Waals surface area contributed by atoms with Crippen LogP contribution < -0.4 is 5.32 Å². The van der Waals surface area contributed by atoms with Crippen molar-refractivity contribution in [3.63, 3.8) is 0 Å². The molecule has 21 heavy (non-hydrogen) atoms. The van der Waals surface area contributed by atoms with Gasteiger partial charge in [-0.05, 0) is 25.1 Å². The number of pyridine rings is 1. The number of nitrogens with zero attached hydrogens (tertiary/aromatic N) is 2. The van der Waals surface area contributed by atoms with Gasteiger partial charge in [0.1, 0.15) is 0 Å². The average molecular weight is 328 g/mol. The molecule has 3 rings (SSSR count). The molecule has 1 atom stereocenters. The maximum Gasteiger partial charge on any atom is 0.243 e. The van der Waals surface area contributed by atoms with E-state index in [1.165, 1.54) is 4.31 Å². The van der Waals surface area contributed by atoms with Crippen molar-refractivity contribution in [1.82, 2.24) is 14.6 Å². The van der Waals surface area contributed by atoms with Gasteiger partial charge >= 0.3 is 0 Å². The SMILES string of the molecule is CN(C1CCNC1)S(=O)(=O)c1cccc2cnccc12.Cl. The van der Waals surface area contributed by atoms with E-state index in [0.29, 0.717) is 11.4 Å². The molecule has 1 unspecified atom stereocenters. The summed E-state index contributed by atoms with van der Waals surface area (Å²) in [5.41, 5.74) is 0. The van der Waals surface area contributed by atoms with Crippen molar-refractivity contribution in [2.45, 2.75) is 17.4 Å². The molecule has 1 aromatic heterocycles. The molecule has 1 saturated heterocycles. The summed E-state index contributed by atoms with van der Waals surface area (Å²) in [4.78, 5) is 4.39. The van der Waals surface area contributed by atoms with Crippen LogP contribution in [-0.2, 0) is 10.0 Å². The summed E-state index contributed by atoms with van der Waals surface area (Å²) in [7, 11) is -1.82. The molecule has 114 valence electrons. The van der Waals surface area contributed by atoms with Gasteiger partial charge in [-0.15, -0.1) is 12.4 Å². The number of likely N-dealkylation sites (N-methyl/N-ethyl adjacent to an activating group) is 1. The summed E-state index contributed by atoms with van der Waals surface area (Å²) in [5, 5.41) is 4.76. The fourth-order valence-corrected chi connectivity index (χ4v) is 4.22. The van der Waals surface area contributed by atoms with E-state index in [9.17, 15) is 8.42 Å². The van der Waals surface area contributed by atoms with E-state index in [2.05, 4.69) is 10.3 Å². The molecule has 1 aromatic carbocycles. The predicted molar refractivity (Wildman–Crippen MR) is 85.2 cm³/mol. The number of rotatable bonds is 3. The van der Waals surface area contributed by atoms with Crippen LogP contribution >= 0.6 is 12.4 Å². The summed E-state index contributed by atoms with van der Waals surface area (Å²) in [6.07, 6.45) is 4.16. The Labute approximate surface area is 130 Å². The summed E-state index contributed by atoms with van der Waals surface area (Å²) in [6, 6.07) is 7.08. The van der Waals surface area contributed by atoms with Gasteiger partial charge in [0.15, 0.2) is 0 Å². The highest BCUT2D eigenvalue weighted by molar-refractivity contribution is 7.89. The minimum Gasteiger partial charge on any atom is -0.315 e. The van der Waals surface area contributed by atoms with E-state index in [-0.39, 0.29) is 18.4 Å². The molecule has 0 saturated carbocycles. The lowest BCUT2D eigenvalue weighted by Gasteiger charge is -2.23. The normalized spacial score (nSPS) is 18.9. The van der Waals surface area contributed by atoms with E-state index < -0.39 is 10.0 Å². The van der Waals surface area contributed by atoms with Gasteiger partial charge in [-0.25, -0.2) is 8.42 Å². The molecule has 0 spiro atoms. The number of hydrogen-bond acceptors (Lipinski definition) is 4. The second-order valence-corrected chi connectivity index (χ2v) is 6.99. The van der Waals surface area contributed by atoms with Crippen molar-refractivity contribution >= 4 is 33.2 Å². The van der Waals surface area contributed by atoms with Crippen LogP contribution in [0.15, 0.2) is 41.6 Å². The molecule has 2 aromatic rings. The van der Waals surface area contributed by atoms with Crippen molar-refractivity contribution in [3.05, 3.63) is 36.7 Å². The molecule has 7 heteroatoms. The number of halogens is 1. The topological polar surface area (TPSA) is 62.3 Å². The molecule has 2 heterocycles. The highest BCUT2D eigenvalue weighted by Crippen LogP contribution is 2.26. The third-order valence-electron chi connectivity index (χ3n) is 3.85. The third kappa shape index (κ3) is 2.89. The lowest BCUT2D eigenvalue weighted by molar-refractivity contribution is 0.388. The minimum absolute atomic E-state index is 0. The summed E-state index contributed by atoms with van der Waals surface area (Å²) in [6.45, 7) is 1.58. The first-order chi connectivity index (χ1) is 9.60. The highest BCUT2D eigenvalue weighted by Gasteiger charge is 2.30. The molecule has 1 aliphatic heterocycles. The van der Waals surface area contributed by atoms with Crippen LogP contribution in [0.3, 0.4) is 0 Å². The zero-order valence-electron chi connectivity index (χ0n) is 11.7. The zero-order chi connectivity index (χ0) is 14.2. The first-order valence-electron chi connectivity index (χ1n) is 6.62. The Morgan fingerprint density at radius 2 is 2.14 bits per heavy atom. The van der Waals surface area contributed by atoms with Crippen LogP contribution in [0.25, 0.3) is 10.8 Å². The maximum atomic E-state index is 12.8. The van der Waals surface area contributed by atoms with Crippen LogP contribution in [0.5, 0.6) is 0 Å². The first kappa shape index (κ1) is 16.2. The number of nitrogens with one attached hydrogen (secondary N) is 1. The van der Waals surface area contributed by atoms with Crippen LogP contribution in [0.2, 0.25) is 0 Å². The molecule has 0 amide bonds. The van der Waals surface area contributed by atoms with Gasteiger partial charge in [0.05, 0.1) is 4.90 Å². The number of benzene rings is 1. The Balaban J connectivity index is 0.00000161. The van der Waals surface area contributed by atoms with Crippen LogP contribution in [0, 0.1) is 0 Å². The lowest BCUT2D eigenvalue weighted by atomic mass is 10.2. The molecule has 0 radical (unpaired) electrons. The zero-order valence-corrected chi connectivity index (χ0v) is 13.3. The maximum absolute atomic E-state index is 12.8. The number of sulfonamides is 1. The molecular formula is C14H18ClN3O2S. The minimum atomic E-state index is -3.48. The van der Waals surface area contributed by atoms with Crippen LogP contribution in [0.4, 0.5) is 0 Å². The smallest absolute Gasteiger partial charge is 0.243 e. The van der Waals surface area contributed by atoms with E-state index in [4.69, 9.17) is 0 Å². The Morgan fingerprint density at radius 3 is 2.86 bits per heavy atom. The monoisotopic (exact) mass is 327 g/mol. The van der Waals surface area contributed by atoms with Crippen molar-refractivity contribution in [3.8, 4) is 0 Å². The van der Waals surface area contributed by atoms with Crippen molar-refractivity contribution in [1.29, 1.82) is 0 Å². The fraction of sp³-hybridized carbons (Fsp3) is 0.357. The molecule has 0 bridgehead atoms. The van der Waals surface area contributed by atoms with Gasteiger partial charge in [-0.1, -0.05) is 12.1 Å². The van der Waals surface area contributed by atoms with Crippen molar-refractivity contribution in [2.24, 2.45) is 0 Å². The molecular weight excluding hydrogens is 310 g/mol. The Kier molecular flexibility index (Phi) is 4.83. The van der Waals surface area contributed by atoms with E-state index in [1.54, 1.807) is 37.6 Å². The number of aromatic nitrogens is 1. The standard InChI is InChI=1S/C14H17N3O2S.ClH/c1-17(12-5-7-16-10-12)20(18,19)14-4-2-3-11-9-15-8-6-13(11)14;/h2-4,6,8-9,12,16H,5,7,10H2,1H3;1H. The average Bonchev–Trinajstić information content (AvgIpc) is 2.99. The molecule has 1 fully saturated rings. The van der Waals surface area contributed by atoms with Gasteiger partial charge in [0.2, 0.25) is 10.0 Å². The molecule has 5 nitrogen and oxygen atoms in total. The van der Waals surface area contributed by atoms with Gasteiger partial charge in [0, 0.05) is 42.8 Å². The van der Waals surface area contributed by atoms with Crippen LogP contribution in [-0.4, -0.2) is 43.9 Å². The van der Waals surface area contributed by atoms with Gasteiger partial charge in [0.25, 0.3) is 0 Å². The van der Waals surface area contributed by atoms with Gasteiger partial charge in [-0.3, -0.25) is 4.98 Å². The van der Waals surface area contributed by atoms with E-state index in [0.717, 1.165) is 23.7 Å². The summed E-state index contributed by atoms with van der Waals surface area (Å²) < 4.78 is 27.1. The van der Waals surface area contributed by atoms with Crippen molar-refractivity contribution in [2.75, 3.05) is 20.1 Å². The van der Waals surface area contributed by atoms with E-state index >= 15 is 0 Å². The Bertz CT molecular complexity index is 725. The van der Waals surface area contributed by atoms with Gasteiger partial charge in [-0.2, -0.15) is 4.31 Å². The second-order valence-electron chi connectivity index (χ2n) is 5.02. The largest absolute Gasteiger partial charge is 0.315 e. The first-order valence-corrected chi connectivity index (χ1v) is 8.06.